The minimum atomic E-state index is -1.22. The minimum Gasteiger partial charge on any atom is -0.493 e. The molecular weight excluding hydrogens is 496 g/mol. The maximum Gasteiger partial charge on any atom is 0.291 e. The van der Waals surface area contributed by atoms with E-state index in [9.17, 15) is 14.4 Å². The standard InChI is InChI=1S/C31H34N2O6/c1-5-7-15-39-24-12-11-23(16-20(24)3)29(34)27-28(22-10-13-25(38-6-2)26(17-22)37-4)33(31(36)30(27)35)19-21-9-8-14-32-18-21/h8-14,16-18,27-28H,5-7,15,19H2,1-4H3. The third kappa shape index (κ3) is 5.95. The number of rotatable bonds is 12. The maximum atomic E-state index is 13.9. The van der Waals surface area contributed by atoms with Gasteiger partial charge in [-0.3, -0.25) is 19.4 Å². The van der Waals surface area contributed by atoms with Gasteiger partial charge in [0.2, 0.25) is 5.78 Å². The molecule has 39 heavy (non-hydrogen) atoms. The smallest absolute Gasteiger partial charge is 0.291 e. The molecule has 3 aromatic rings. The Morgan fingerprint density at radius 3 is 2.46 bits per heavy atom. The van der Waals surface area contributed by atoms with E-state index in [1.807, 2.05) is 19.9 Å². The molecule has 0 N–H and O–H groups in total. The topological polar surface area (TPSA) is 95.0 Å². The van der Waals surface area contributed by atoms with E-state index < -0.39 is 29.4 Å². The summed E-state index contributed by atoms with van der Waals surface area (Å²) >= 11 is 0. The SMILES string of the molecule is CCCCOc1ccc(C(=O)C2C(=O)C(=O)N(Cc3cccnc3)C2c2ccc(OCC)c(OC)c2)cc1C. The van der Waals surface area contributed by atoms with Crippen molar-refractivity contribution < 1.29 is 28.6 Å². The zero-order valence-corrected chi connectivity index (χ0v) is 22.8. The van der Waals surface area contributed by atoms with Gasteiger partial charge in [0.1, 0.15) is 11.7 Å². The molecule has 2 heterocycles. The van der Waals surface area contributed by atoms with Crippen LogP contribution in [0.25, 0.3) is 0 Å². The van der Waals surface area contributed by atoms with Crippen LogP contribution in [0.4, 0.5) is 0 Å². The highest BCUT2D eigenvalue weighted by Gasteiger charge is 2.51. The molecule has 1 aliphatic heterocycles. The predicted octanol–water partition coefficient (Wildman–Crippen LogP) is 5.13. The Morgan fingerprint density at radius 2 is 1.79 bits per heavy atom. The molecule has 1 amide bonds. The molecule has 2 atom stereocenters. The molecule has 1 aromatic heterocycles. The number of aryl methyl sites for hydroxylation is 1. The number of unbranched alkanes of at least 4 members (excludes halogenated alkanes) is 1. The zero-order valence-electron chi connectivity index (χ0n) is 22.8. The van der Waals surface area contributed by atoms with E-state index in [0.29, 0.717) is 41.6 Å². The van der Waals surface area contributed by atoms with E-state index in [2.05, 4.69) is 11.9 Å². The van der Waals surface area contributed by atoms with Crippen LogP contribution in [0.3, 0.4) is 0 Å². The molecule has 0 bridgehead atoms. The Labute approximate surface area is 228 Å². The lowest BCUT2D eigenvalue weighted by molar-refractivity contribution is -0.141. The summed E-state index contributed by atoms with van der Waals surface area (Å²) in [6.07, 6.45) is 5.22. The molecule has 0 aliphatic carbocycles. The lowest BCUT2D eigenvalue weighted by atomic mass is 9.85. The van der Waals surface area contributed by atoms with Crippen molar-refractivity contribution in [3.63, 3.8) is 0 Å². The zero-order chi connectivity index (χ0) is 27.9. The first kappa shape index (κ1) is 27.8. The summed E-state index contributed by atoms with van der Waals surface area (Å²) in [5.41, 5.74) is 2.50. The number of ketones is 2. The number of Topliss-reactive ketones (excluding diaryl/α,β-unsaturated/α-hetero) is 2. The second-order valence-electron chi connectivity index (χ2n) is 9.47. The predicted molar refractivity (Wildman–Crippen MR) is 146 cm³/mol. The number of likely N-dealkylation sites (tertiary alicyclic amines) is 1. The van der Waals surface area contributed by atoms with Gasteiger partial charge < -0.3 is 19.1 Å². The Kier molecular flexibility index (Phi) is 8.96. The van der Waals surface area contributed by atoms with Gasteiger partial charge >= 0.3 is 0 Å². The van der Waals surface area contributed by atoms with Crippen molar-refractivity contribution in [2.45, 2.75) is 46.2 Å². The molecule has 0 spiro atoms. The number of ether oxygens (including phenoxy) is 3. The van der Waals surface area contributed by atoms with Crippen LogP contribution < -0.4 is 14.2 Å². The summed E-state index contributed by atoms with van der Waals surface area (Å²) in [4.78, 5) is 46.3. The van der Waals surface area contributed by atoms with Gasteiger partial charge in [0, 0.05) is 24.5 Å². The third-order valence-electron chi connectivity index (χ3n) is 6.81. The van der Waals surface area contributed by atoms with Crippen LogP contribution in [0, 0.1) is 12.8 Å². The number of nitrogens with zero attached hydrogens (tertiary/aromatic N) is 2. The van der Waals surface area contributed by atoms with Gasteiger partial charge in [-0.05, 0) is 73.4 Å². The molecule has 8 heteroatoms. The van der Waals surface area contributed by atoms with E-state index in [-0.39, 0.29) is 6.54 Å². The van der Waals surface area contributed by atoms with Crippen molar-refractivity contribution >= 4 is 17.5 Å². The average Bonchev–Trinajstić information content (AvgIpc) is 3.19. The lowest BCUT2D eigenvalue weighted by Crippen LogP contribution is -2.30. The van der Waals surface area contributed by atoms with Crippen LogP contribution >= 0.6 is 0 Å². The molecule has 1 aliphatic rings. The lowest BCUT2D eigenvalue weighted by Gasteiger charge is -2.28. The van der Waals surface area contributed by atoms with Gasteiger partial charge in [-0.25, -0.2) is 0 Å². The van der Waals surface area contributed by atoms with E-state index in [4.69, 9.17) is 14.2 Å². The number of amides is 1. The average molecular weight is 531 g/mol. The van der Waals surface area contributed by atoms with Gasteiger partial charge in [-0.15, -0.1) is 0 Å². The van der Waals surface area contributed by atoms with Crippen LogP contribution in [-0.2, 0) is 16.1 Å². The molecule has 1 saturated heterocycles. The summed E-state index contributed by atoms with van der Waals surface area (Å²) < 4.78 is 17.0. The summed E-state index contributed by atoms with van der Waals surface area (Å²) in [6, 6.07) is 13.1. The fourth-order valence-corrected chi connectivity index (χ4v) is 4.83. The van der Waals surface area contributed by atoms with Crippen molar-refractivity contribution in [1.29, 1.82) is 0 Å². The number of carbonyl (C=O) groups excluding carboxylic acids is 3. The van der Waals surface area contributed by atoms with Crippen molar-refractivity contribution in [2.24, 2.45) is 5.92 Å². The Balaban J connectivity index is 1.74. The fourth-order valence-electron chi connectivity index (χ4n) is 4.83. The number of aromatic nitrogens is 1. The summed E-state index contributed by atoms with van der Waals surface area (Å²) in [5, 5.41) is 0. The number of carbonyl (C=O) groups is 3. The quantitative estimate of drug-likeness (QED) is 0.139. The number of benzene rings is 2. The second-order valence-corrected chi connectivity index (χ2v) is 9.47. The van der Waals surface area contributed by atoms with Crippen molar-refractivity contribution in [3.05, 3.63) is 83.2 Å². The van der Waals surface area contributed by atoms with Crippen molar-refractivity contribution in [2.75, 3.05) is 20.3 Å². The van der Waals surface area contributed by atoms with Gasteiger partial charge in [0.25, 0.3) is 5.91 Å². The number of methoxy groups -OCH3 is 1. The highest BCUT2D eigenvalue weighted by molar-refractivity contribution is 6.44. The summed E-state index contributed by atoms with van der Waals surface area (Å²) in [7, 11) is 1.52. The largest absolute Gasteiger partial charge is 0.493 e. The highest BCUT2D eigenvalue weighted by Crippen LogP contribution is 2.42. The van der Waals surface area contributed by atoms with Crippen LogP contribution in [0.5, 0.6) is 17.2 Å². The van der Waals surface area contributed by atoms with Gasteiger partial charge in [0.05, 0.1) is 26.4 Å². The van der Waals surface area contributed by atoms with Gasteiger partial charge in [0.15, 0.2) is 17.3 Å². The molecule has 204 valence electrons. The summed E-state index contributed by atoms with van der Waals surface area (Å²) in [5.74, 6) is -1.38. The van der Waals surface area contributed by atoms with Crippen LogP contribution in [-0.4, -0.2) is 47.7 Å². The fraction of sp³-hybridized carbons (Fsp3) is 0.355. The van der Waals surface area contributed by atoms with Crippen molar-refractivity contribution in [1.82, 2.24) is 9.88 Å². The first-order chi connectivity index (χ1) is 18.9. The highest BCUT2D eigenvalue weighted by atomic mass is 16.5. The number of hydrogen-bond donors (Lipinski definition) is 0. The molecule has 8 nitrogen and oxygen atoms in total. The molecular formula is C31H34N2O6. The Bertz CT molecular complexity index is 1340. The van der Waals surface area contributed by atoms with Crippen LogP contribution in [0.2, 0.25) is 0 Å². The van der Waals surface area contributed by atoms with Crippen LogP contribution in [0.1, 0.15) is 59.8 Å². The summed E-state index contributed by atoms with van der Waals surface area (Å²) in [6.45, 7) is 6.99. The Hall–Kier alpha value is -4.20. The first-order valence-electron chi connectivity index (χ1n) is 13.2. The molecule has 0 saturated carbocycles. The van der Waals surface area contributed by atoms with Gasteiger partial charge in [-0.1, -0.05) is 25.5 Å². The number of pyridine rings is 1. The molecule has 2 unspecified atom stereocenters. The second kappa shape index (κ2) is 12.6. The first-order valence-corrected chi connectivity index (χ1v) is 13.2. The van der Waals surface area contributed by atoms with Crippen molar-refractivity contribution in [3.8, 4) is 17.2 Å². The molecule has 4 rings (SSSR count). The normalized spacial score (nSPS) is 16.9. The number of hydrogen-bond acceptors (Lipinski definition) is 7. The maximum absolute atomic E-state index is 13.9. The molecule has 2 aromatic carbocycles. The van der Waals surface area contributed by atoms with Crippen LogP contribution in [0.15, 0.2) is 60.9 Å². The Morgan fingerprint density at radius 1 is 1.00 bits per heavy atom. The van der Waals surface area contributed by atoms with E-state index >= 15 is 0 Å². The van der Waals surface area contributed by atoms with E-state index in [0.717, 1.165) is 24.0 Å². The van der Waals surface area contributed by atoms with Gasteiger partial charge in [-0.2, -0.15) is 0 Å². The van der Waals surface area contributed by atoms with E-state index in [1.165, 1.54) is 12.0 Å². The molecule has 1 fully saturated rings. The monoisotopic (exact) mass is 530 g/mol. The van der Waals surface area contributed by atoms with E-state index in [1.54, 1.807) is 54.9 Å². The minimum absolute atomic E-state index is 0.131. The third-order valence-corrected chi connectivity index (χ3v) is 6.81. The molecule has 0 radical (unpaired) electrons.